The first-order valence-corrected chi connectivity index (χ1v) is 7.78. The fraction of sp³-hybridized carbons (Fsp3) is 0.353. The van der Waals surface area contributed by atoms with Crippen molar-refractivity contribution >= 4 is 17.5 Å². The van der Waals surface area contributed by atoms with E-state index in [0.717, 1.165) is 17.7 Å². The van der Waals surface area contributed by atoms with Crippen molar-refractivity contribution in [2.75, 3.05) is 11.4 Å². The molecule has 1 N–H and O–H groups in total. The Morgan fingerprint density at radius 2 is 2.13 bits per heavy atom. The zero-order valence-electron chi connectivity index (χ0n) is 13.1. The molecule has 23 heavy (non-hydrogen) atoms. The molecule has 120 valence electrons. The second-order valence-corrected chi connectivity index (χ2v) is 5.79. The number of benzene rings is 1. The second kappa shape index (κ2) is 6.64. The van der Waals surface area contributed by atoms with Crippen LogP contribution in [0, 0.1) is 6.92 Å². The van der Waals surface area contributed by atoms with Crippen LogP contribution in [-0.4, -0.2) is 34.2 Å². The lowest BCUT2D eigenvalue weighted by atomic mass is 10.0. The summed E-state index contributed by atoms with van der Waals surface area (Å²) in [5, 5.41) is 6.83. The topological polar surface area (TPSA) is 67.2 Å². The lowest BCUT2D eigenvalue weighted by molar-refractivity contribution is -0.128. The van der Waals surface area contributed by atoms with E-state index in [9.17, 15) is 9.59 Å². The molecule has 1 fully saturated rings. The third kappa shape index (κ3) is 3.59. The van der Waals surface area contributed by atoms with Crippen LogP contribution in [0.1, 0.15) is 18.4 Å². The quantitative estimate of drug-likeness (QED) is 0.930. The molecule has 2 aromatic rings. The van der Waals surface area contributed by atoms with Gasteiger partial charge in [0.15, 0.2) is 0 Å². The van der Waals surface area contributed by atoms with Gasteiger partial charge in [-0.2, -0.15) is 5.10 Å². The van der Waals surface area contributed by atoms with E-state index in [4.69, 9.17) is 0 Å². The Labute approximate surface area is 135 Å². The van der Waals surface area contributed by atoms with Gasteiger partial charge in [0, 0.05) is 24.6 Å². The van der Waals surface area contributed by atoms with E-state index in [2.05, 4.69) is 10.4 Å². The zero-order chi connectivity index (χ0) is 16.2. The molecule has 1 aliphatic heterocycles. The number of carbonyl (C=O) groups is 2. The minimum atomic E-state index is -0.465. The van der Waals surface area contributed by atoms with Crippen molar-refractivity contribution in [2.24, 2.45) is 0 Å². The van der Waals surface area contributed by atoms with Crippen LogP contribution in [0.5, 0.6) is 0 Å². The molecule has 1 unspecified atom stereocenters. The van der Waals surface area contributed by atoms with Crippen molar-refractivity contribution in [1.82, 2.24) is 15.1 Å². The molecule has 0 spiro atoms. The number of hydrogen-bond donors (Lipinski definition) is 1. The fourth-order valence-corrected chi connectivity index (χ4v) is 2.77. The molecule has 1 aliphatic rings. The Bertz CT molecular complexity index is 679. The summed E-state index contributed by atoms with van der Waals surface area (Å²) < 4.78 is 1.54. The second-order valence-electron chi connectivity index (χ2n) is 5.79. The monoisotopic (exact) mass is 312 g/mol. The summed E-state index contributed by atoms with van der Waals surface area (Å²) in [5.74, 6) is -0.244. The Kier molecular flexibility index (Phi) is 4.41. The summed E-state index contributed by atoms with van der Waals surface area (Å²) >= 11 is 0. The molecule has 1 atom stereocenters. The third-order valence-electron chi connectivity index (χ3n) is 3.98. The van der Waals surface area contributed by atoms with Crippen LogP contribution < -0.4 is 10.2 Å². The number of amides is 2. The highest BCUT2D eigenvalue weighted by atomic mass is 16.2. The average molecular weight is 312 g/mol. The van der Waals surface area contributed by atoms with Gasteiger partial charge in [0.25, 0.3) is 0 Å². The lowest BCUT2D eigenvalue weighted by Gasteiger charge is -2.32. The molecule has 1 aromatic carbocycles. The Hall–Kier alpha value is -2.63. The first-order valence-electron chi connectivity index (χ1n) is 7.78. The Morgan fingerprint density at radius 3 is 2.83 bits per heavy atom. The Balaban J connectivity index is 1.65. The van der Waals surface area contributed by atoms with Crippen molar-refractivity contribution < 1.29 is 9.59 Å². The number of nitrogens with one attached hydrogen (secondary N) is 1. The standard InChI is InChI=1S/C17H20N4O2/c1-13-5-7-14(8-6-13)21-11-2-4-15(17(21)23)19-16(22)12-20-10-3-9-18-20/h3,5-10,15H,2,4,11-12H2,1H3,(H,19,22). The summed E-state index contributed by atoms with van der Waals surface area (Å²) in [4.78, 5) is 26.5. The first-order chi connectivity index (χ1) is 11.1. The van der Waals surface area contributed by atoms with Gasteiger partial charge >= 0.3 is 0 Å². The summed E-state index contributed by atoms with van der Waals surface area (Å²) in [6.45, 7) is 2.83. The molecular weight excluding hydrogens is 292 g/mol. The molecule has 0 aliphatic carbocycles. The summed E-state index contributed by atoms with van der Waals surface area (Å²) in [5.41, 5.74) is 2.04. The summed E-state index contributed by atoms with van der Waals surface area (Å²) in [6, 6.07) is 9.17. The SMILES string of the molecule is Cc1ccc(N2CCCC(NC(=O)Cn3cccn3)C2=O)cc1. The molecule has 2 amide bonds. The van der Waals surface area contributed by atoms with Crippen LogP contribution in [0.3, 0.4) is 0 Å². The van der Waals surface area contributed by atoms with Crippen LogP contribution >= 0.6 is 0 Å². The molecule has 0 saturated carbocycles. The molecule has 6 nitrogen and oxygen atoms in total. The van der Waals surface area contributed by atoms with Crippen LogP contribution in [0.2, 0.25) is 0 Å². The van der Waals surface area contributed by atoms with Crippen LogP contribution in [0.15, 0.2) is 42.7 Å². The minimum Gasteiger partial charge on any atom is -0.343 e. The van der Waals surface area contributed by atoms with Gasteiger partial charge in [-0.15, -0.1) is 0 Å². The molecule has 1 aromatic heterocycles. The van der Waals surface area contributed by atoms with E-state index in [0.29, 0.717) is 13.0 Å². The molecule has 2 heterocycles. The molecular formula is C17H20N4O2. The third-order valence-corrected chi connectivity index (χ3v) is 3.98. The van der Waals surface area contributed by atoms with Crippen LogP contribution in [0.25, 0.3) is 0 Å². The van der Waals surface area contributed by atoms with E-state index in [-0.39, 0.29) is 18.4 Å². The van der Waals surface area contributed by atoms with Gasteiger partial charge in [-0.3, -0.25) is 14.3 Å². The maximum absolute atomic E-state index is 12.6. The van der Waals surface area contributed by atoms with Crippen molar-refractivity contribution in [1.29, 1.82) is 0 Å². The van der Waals surface area contributed by atoms with Crippen molar-refractivity contribution in [2.45, 2.75) is 32.4 Å². The number of nitrogens with zero attached hydrogens (tertiary/aromatic N) is 3. The molecule has 6 heteroatoms. The normalized spacial score (nSPS) is 18.0. The number of aromatic nitrogens is 2. The number of carbonyl (C=O) groups excluding carboxylic acids is 2. The minimum absolute atomic E-state index is 0.0473. The van der Waals surface area contributed by atoms with Gasteiger partial charge in [-0.05, 0) is 38.0 Å². The van der Waals surface area contributed by atoms with E-state index in [1.807, 2.05) is 31.2 Å². The van der Waals surface area contributed by atoms with Gasteiger partial charge in [0.1, 0.15) is 12.6 Å². The van der Waals surface area contributed by atoms with Crippen LogP contribution in [0.4, 0.5) is 5.69 Å². The number of hydrogen-bond acceptors (Lipinski definition) is 3. The number of piperidine rings is 1. The smallest absolute Gasteiger partial charge is 0.249 e. The maximum atomic E-state index is 12.6. The van der Waals surface area contributed by atoms with Crippen molar-refractivity contribution in [3.8, 4) is 0 Å². The Morgan fingerprint density at radius 1 is 1.35 bits per heavy atom. The van der Waals surface area contributed by atoms with Gasteiger partial charge in [-0.1, -0.05) is 17.7 Å². The average Bonchev–Trinajstić information content (AvgIpc) is 3.03. The summed E-state index contributed by atoms with van der Waals surface area (Å²) in [6.07, 6.45) is 4.89. The maximum Gasteiger partial charge on any atom is 0.249 e. The van der Waals surface area contributed by atoms with Gasteiger partial charge in [-0.25, -0.2) is 0 Å². The van der Waals surface area contributed by atoms with E-state index in [1.165, 1.54) is 0 Å². The number of aryl methyl sites for hydroxylation is 1. The van der Waals surface area contributed by atoms with Gasteiger partial charge < -0.3 is 10.2 Å². The first kappa shape index (κ1) is 15.3. The van der Waals surface area contributed by atoms with E-state index >= 15 is 0 Å². The summed E-state index contributed by atoms with van der Waals surface area (Å²) in [7, 11) is 0. The highest BCUT2D eigenvalue weighted by Crippen LogP contribution is 2.21. The largest absolute Gasteiger partial charge is 0.343 e. The lowest BCUT2D eigenvalue weighted by Crippen LogP contribution is -2.53. The van der Waals surface area contributed by atoms with Crippen LogP contribution in [-0.2, 0) is 16.1 Å². The van der Waals surface area contributed by atoms with E-state index in [1.54, 1.807) is 28.0 Å². The van der Waals surface area contributed by atoms with Gasteiger partial charge in [0.05, 0.1) is 0 Å². The number of rotatable bonds is 4. The predicted octanol–water partition coefficient (Wildman–Crippen LogP) is 1.50. The van der Waals surface area contributed by atoms with Crippen molar-refractivity contribution in [3.63, 3.8) is 0 Å². The van der Waals surface area contributed by atoms with Gasteiger partial charge in [0.2, 0.25) is 11.8 Å². The predicted molar refractivity (Wildman–Crippen MR) is 86.9 cm³/mol. The van der Waals surface area contributed by atoms with E-state index < -0.39 is 6.04 Å². The highest BCUT2D eigenvalue weighted by Gasteiger charge is 2.30. The molecule has 1 saturated heterocycles. The zero-order valence-corrected chi connectivity index (χ0v) is 13.1. The molecule has 3 rings (SSSR count). The molecule has 0 radical (unpaired) electrons. The molecule has 0 bridgehead atoms. The number of anilines is 1. The fourth-order valence-electron chi connectivity index (χ4n) is 2.77. The highest BCUT2D eigenvalue weighted by molar-refractivity contribution is 5.99. The van der Waals surface area contributed by atoms with Crippen molar-refractivity contribution in [3.05, 3.63) is 48.3 Å².